The molecule has 0 aliphatic carbocycles. The van der Waals surface area contributed by atoms with Crippen LogP contribution in [0, 0.1) is 0 Å². The number of anilines is 1. The molecule has 20 heavy (non-hydrogen) atoms. The highest BCUT2D eigenvalue weighted by Gasteiger charge is 2.19. The molecule has 110 valence electrons. The number of rotatable bonds is 6. The van der Waals surface area contributed by atoms with E-state index in [1.807, 2.05) is 0 Å². The Morgan fingerprint density at radius 2 is 2.40 bits per heavy atom. The van der Waals surface area contributed by atoms with Crippen LogP contribution in [0.1, 0.15) is 36.7 Å². The van der Waals surface area contributed by atoms with Crippen molar-refractivity contribution in [1.82, 2.24) is 15.3 Å². The summed E-state index contributed by atoms with van der Waals surface area (Å²) >= 11 is 0. The molecule has 1 aromatic heterocycles. The molecular formula is C14H22N4O2. The van der Waals surface area contributed by atoms with E-state index >= 15 is 0 Å². The Balaban J connectivity index is 2.12. The minimum Gasteiger partial charge on any atom is -0.464 e. The number of esters is 1. The van der Waals surface area contributed by atoms with Gasteiger partial charge in [-0.2, -0.15) is 0 Å². The van der Waals surface area contributed by atoms with Gasteiger partial charge in [-0.05, 0) is 25.8 Å². The Bertz CT molecular complexity index is 447. The Labute approximate surface area is 119 Å². The van der Waals surface area contributed by atoms with Gasteiger partial charge in [-0.25, -0.2) is 9.78 Å². The average molecular weight is 278 g/mol. The SMILES string of the molecule is CCCN(CC1CCCN1)c1cncc(C(=O)OC)n1. The van der Waals surface area contributed by atoms with Crippen LogP contribution in [0.15, 0.2) is 12.4 Å². The molecule has 1 N–H and O–H groups in total. The van der Waals surface area contributed by atoms with Gasteiger partial charge in [0.25, 0.3) is 0 Å². The molecule has 0 bridgehead atoms. The molecule has 0 spiro atoms. The van der Waals surface area contributed by atoms with Gasteiger partial charge in [-0.1, -0.05) is 6.92 Å². The van der Waals surface area contributed by atoms with Crippen LogP contribution < -0.4 is 10.2 Å². The van der Waals surface area contributed by atoms with Gasteiger partial charge in [0.1, 0.15) is 5.82 Å². The molecule has 6 heteroatoms. The lowest BCUT2D eigenvalue weighted by molar-refractivity contribution is 0.0593. The van der Waals surface area contributed by atoms with E-state index in [1.165, 1.54) is 26.1 Å². The van der Waals surface area contributed by atoms with Crippen molar-refractivity contribution in [1.29, 1.82) is 0 Å². The number of hydrogen-bond donors (Lipinski definition) is 1. The minimum atomic E-state index is -0.449. The number of aromatic nitrogens is 2. The summed E-state index contributed by atoms with van der Waals surface area (Å²) in [4.78, 5) is 22.2. The predicted octanol–water partition coefficient (Wildman–Crippen LogP) is 1.23. The standard InChI is InChI=1S/C14H22N4O2/c1-3-7-18(10-11-5-4-6-16-11)13-9-15-8-12(17-13)14(19)20-2/h8-9,11,16H,3-7,10H2,1-2H3. The summed E-state index contributed by atoms with van der Waals surface area (Å²) in [5.74, 6) is 0.290. The fraction of sp³-hybridized carbons (Fsp3) is 0.643. The summed E-state index contributed by atoms with van der Waals surface area (Å²) in [7, 11) is 1.35. The van der Waals surface area contributed by atoms with Crippen LogP contribution in [-0.2, 0) is 4.74 Å². The first-order valence-corrected chi connectivity index (χ1v) is 7.13. The second-order valence-electron chi connectivity index (χ2n) is 4.99. The number of ether oxygens (including phenoxy) is 1. The lowest BCUT2D eigenvalue weighted by Crippen LogP contribution is -2.38. The van der Waals surface area contributed by atoms with Crippen LogP contribution in [-0.4, -0.2) is 48.7 Å². The van der Waals surface area contributed by atoms with Crippen molar-refractivity contribution in [3.8, 4) is 0 Å². The maximum atomic E-state index is 11.5. The Morgan fingerprint density at radius 3 is 3.05 bits per heavy atom. The molecule has 1 atom stereocenters. The van der Waals surface area contributed by atoms with Crippen molar-refractivity contribution in [3.63, 3.8) is 0 Å². The molecular weight excluding hydrogens is 256 g/mol. The van der Waals surface area contributed by atoms with Gasteiger partial charge in [0.15, 0.2) is 5.69 Å². The number of hydrogen-bond acceptors (Lipinski definition) is 6. The molecule has 6 nitrogen and oxygen atoms in total. The zero-order valence-electron chi connectivity index (χ0n) is 12.1. The summed E-state index contributed by atoms with van der Waals surface area (Å²) in [5, 5.41) is 3.48. The third kappa shape index (κ3) is 3.66. The molecule has 1 unspecified atom stereocenters. The molecule has 0 saturated carbocycles. The first kappa shape index (κ1) is 14.7. The monoisotopic (exact) mass is 278 g/mol. The van der Waals surface area contributed by atoms with Crippen LogP contribution in [0.2, 0.25) is 0 Å². The normalized spacial score (nSPS) is 18.0. The number of nitrogens with zero attached hydrogens (tertiary/aromatic N) is 3. The highest BCUT2D eigenvalue weighted by Crippen LogP contribution is 2.14. The molecule has 2 rings (SSSR count). The molecule has 1 fully saturated rings. The van der Waals surface area contributed by atoms with Crippen LogP contribution in [0.3, 0.4) is 0 Å². The highest BCUT2D eigenvalue weighted by atomic mass is 16.5. The number of carbonyl (C=O) groups excluding carboxylic acids is 1. The van der Waals surface area contributed by atoms with Gasteiger partial charge in [-0.15, -0.1) is 0 Å². The van der Waals surface area contributed by atoms with Crippen molar-refractivity contribution in [3.05, 3.63) is 18.1 Å². The molecule has 1 aliphatic heterocycles. The van der Waals surface area contributed by atoms with E-state index in [1.54, 1.807) is 6.20 Å². The maximum Gasteiger partial charge on any atom is 0.358 e. The van der Waals surface area contributed by atoms with Crippen LogP contribution in [0.5, 0.6) is 0 Å². The predicted molar refractivity (Wildman–Crippen MR) is 76.9 cm³/mol. The lowest BCUT2D eigenvalue weighted by Gasteiger charge is -2.26. The molecule has 1 aromatic rings. The third-order valence-electron chi connectivity index (χ3n) is 3.44. The number of nitrogens with one attached hydrogen (secondary N) is 1. The van der Waals surface area contributed by atoms with Gasteiger partial charge in [0.05, 0.1) is 19.5 Å². The molecule has 1 aliphatic rings. The van der Waals surface area contributed by atoms with Gasteiger partial charge in [0, 0.05) is 19.1 Å². The fourth-order valence-corrected chi connectivity index (χ4v) is 2.46. The van der Waals surface area contributed by atoms with E-state index in [2.05, 4.69) is 27.1 Å². The highest BCUT2D eigenvalue weighted by molar-refractivity contribution is 5.87. The van der Waals surface area contributed by atoms with E-state index in [0.717, 1.165) is 31.9 Å². The first-order chi connectivity index (χ1) is 9.74. The minimum absolute atomic E-state index is 0.255. The van der Waals surface area contributed by atoms with Gasteiger partial charge in [-0.3, -0.25) is 4.98 Å². The topological polar surface area (TPSA) is 67.4 Å². The smallest absolute Gasteiger partial charge is 0.358 e. The summed E-state index contributed by atoms with van der Waals surface area (Å²) in [6.45, 7) is 5.01. The zero-order chi connectivity index (χ0) is 14.4. The van der Waals surface area contributed by atoms with E-state index in [-0.39, 0.29) is 5.69 Å². The van der Waals surface area contributed by atoms with Crippen molar-refractivity contribution in [2.24, 2.45) is 0 Å². The second kappa shape index (κ2) is 7.19. The maximum absolute atomic E-state index is 11.5. The fourth-order valence-electron chi connectivity index (χ4n) is 2.46. The van der Waals surface area contributed by atoms with Crippen molar-refractivity contribution in [2.75, 3.05) is 31.6 Å². The van der Waals surface area contributed by atoms with Gasteiger partial charge < -0.3 is 15.0 Å². The largest absolute Gasteiger partial charge is 0.464 e. The van der Waals surface area contributed by atoms with E-state index in [4.69, 9.17) is 4.74 Å². The molecule has 0 amide bonds. The quantitative estimate of drug-likeness (QED) is 0.790. The summed E-state index contributed by atoms with van der Waals surface area (Å²) in [5.41, 5.74) is 0.255. The van der Waals surface area contributed by atoms with Crippen LogP contribution >= 0.6 is 0 Å². The van der Waals surface area contributed by atoms with Crippen LogP contribution in [0.4, 0.5) is 5.82 Å². The Kier molecular flexibility index (Phi) is 5.29. The summed E-state index contributed by atoms with van der Waals surface area (Å²) < 4.78 is 4.69. The number of carbonyl (C=O) groups is 1. The van der Waals surface area contributed by atoms with Gasteiger partial charge in [0.2, 0.25) is 0 Å². The average Bonchev–Trinajstić information content (AvgIpc) is 2.99. The molecule has 0 radical (unpaired) electrons. The van der Waals surface area contributed by atoms with Crippen molar-refractivity contribution < 1.29 is 9.53 Å². The number of methoxy groups -OCH3 is 1. The van der Waals surface area contributed by atoms with E-state index < -0.39 is 5.97 Å². The van der Waals surface area contributed by atoms with Crippen LogP contribution in [0.25, 0.3) is 0 Å². The Morgan fingerprint density at radius 1 is 1.55 bits per heavy atom. The first-order valence-electron chi connectivity index (χ1n) is 7.13. The van der Waals surface area contributed by atoms with Gasteiger partial charge >= 0.3 is 5.97 Å². The third-order valence-corrected chi connectivity index (χ3v) is 3.44. The lowest BCUT2D eigenvalue weighted by atomic mass is 10.2. The summed E-state index contributed by atoms with van der Waals surface area (Å²) in [6.07, 6.45) is 6.57. The molecule has 1 saturated heterocycles. The second-order valence-corrected chi connectivity index (χ2v) is 4.99. The Hall–Kier alpha value is -1.69. The summed E-state index contributed by atoms with van der Waals surface area (Å²) in [6, 6.07) is 0.491. The van der Waals surface area contributed by atoms with E-state index in [0.29, 0.717) is 6.04 Å². The van der Waals surface area contributed by atoms with Crippen molar-refractivity contribution >= 4 is 11.8 Å². The molecule has 2 heterocycles. The molecule has 0 aromatic carbocycles. The van der Waals surface area contributed by atoms with Crippen molar-refractivity contribution in [2.45, 2.75) is 32.2 Å². The van der Waals surface area contributed by atoms with E-state index in [9.17, 15) is 4.79 Å². The zero-order valence-corrected chi connectivity index (χ0v) is 12.1.